The number of amides is 1. The molecule has 0 radical (unpaired) electrons. The Hall–Kier alpha value is -1.00. The van der Waals surface area contributed by atoms with Crippen molar-refractivity contribution in [2.45, 2.75) is 38.3 Å². The predicted octanol–water partition coefficient (Wildman–Crippen LogP) is 2.43. The molecule has 4 heteroatoms. The summed E-state index contributed by atoms with van der Waals surface area (Å²) in [6.07, 6.45) is 4.83. The second-order valence-corrected chi connectivity index (χ2v) is 6.10. The summed E-state index contributed by atoms with van der Waals surface area (Å²) >= 11 is 1.73. The van der Waals surface area contributed by atoms with E-state index in [1.807, 2.05) is 29.4 Å². The van der Waals surface area contributed by atoms with E-state index in [2.05, 4.69) is 13.0 Å². The highest BCUT2D eigenvalue weighted by Crippen LogP contribution is 2.31. The van der Waals surface area contributed by atoms with Crippen molar-refractivity contribution in [2.24, 2.45) is 5.73 Å². The van der Waals surface area contributed by atoms with Crippen LogP contribution in [0.25, 0.3) is 0 Å². The van der Waals surface area contributed by atoms with Gasteiger partial charge in [-0.2, -0.15) is 11.8 Å². The lowest BCUT2D eigenvalue weighted by Crippen LogP contribution is -2.50. The molecule has 1 aromatic carbocycles. The average Bonchev–Trinajstić information content (AvgIpc) is 2.44. The summed E-state index contributed by atoms with van der Waals surface area (Å²) in [6.45, 7) is 2.11. The minimum absolute atomic E-state index is 0.0636. The number of thioether (sulfide) groups is 1. The van der Waals surface area contributed by atoms with Crippen LogP contribution in [-0.2, 0) is 11.2 Å². The zero-order valence-corrected chi connectivity index (χ0v) is 12.5. The maximum Gasteiger partial charge on any atom is 0.244 e. The van der Waals surface area contributed by atoms with Crippen molar-refractivity contribution >= 4 is 23.4 Å². The topological polar surface area (TPSA) is 46.3 Å². The predicted molar refractivity (Wildman–Crippen MR) is 82.7 cm³/mol. The Kier molecular flexibility index (Phi) is 4.88. The summed E-state index contributed by atoms with van der Waals surface area (Å²) in [5.41, 5.74) is 8.35. The van der Waals surface area contributed by atoms with Gasteiger partial charge in [0, 0.05) is 11.7 Å². The van der Waals surface area contributed by atoms with E-state index < -0.39 is 0 Å². The molecule has 0 aliphatic carbocycles. The van der Waals surface area contributed by atoms with E-state index in [4.69, 9.17) is 5.73 Å². The number of para-hydroxylation sites is 1. The van der Waals surface area contributed by atoms with E-state index >= 15 is 0 Å². The fourth-order valence-corrected chi connectivity index (χ4v) is 3.06. The number of nitrogens with zero attached hydrogens (tertiary/aromatic N) is 1. The minimum Gasteiger partial charge on any atom is -0.320 e. The van der Waals surface area contributed by atoms with Gasteiger partial charge < -0.3 is 10.6 Å². The van der Waals surface area contributed by atoms with Crippen molar-refractivity contribution in [1.82, 2.24) is 0 Å². The van der Waals surface area contributed by atoms with Crippen molar-refractivity contribution in [3.05, 3.63) is 29.8 Å². The first-order valence-corrected chi connectivity index (χ1v) is 8.20. The monoisotopic (exact) mass is 278 g/mol. The zero-order chi connectivity index (χ0) is 13.8. The molecule has 0 spiro atoms. The molecule has 0 saturated heterocycles. The summed E-state index contributed by atoms with van der Waals surface area (Å²) in [5, 5.41) is 0. The quantitative estimate of drug-likeness (QED) is 0.920. The standard InChI is InChI=1S/C15H22N2OS/c1-11-7-8-12-5-3-4-6-14(12)17(11)15(18)13(16)9-10-19-2/h3-6,11,13H,7-10,16H2,1-2H3/t11?,13-/m0/s1. The summed E-state index contributed by atoms with van der Waals surface area (Å²) < 4.78 is 0. The second-order valence-electron chi connectivity index (χ2n) is 5.11. The second kappa shape index (κ2) is 6.44. The van der Waals surface area contributed by atoms with Crippen LogP contribution < -0.4 is 10.6 Å². The van der Waals surface area contributed by atoms with Crippen LogP contribution in [0.1, 0.15) is 25.3 Å². The highest BCUT2D eigenvalue weighted by molar-refractivity contribution is 7.98. The van der Waals surface area contributed by atoms with Gasteiger partial charge in [0.1, 0.15) is 0 Å². The van der Waals surface area contributed by atoms with Gasteiger partial charge in [0.25, 0.3) is 0 Å². The summed E-state index contributed by atoms with van der Waals surface area (Å²) in [7, 11) is 0. The molecule has 1 aliphatic heterocycles. The number of rotatable bonds is 4. The lowest BCUT2D eigenvalue weighted by molar-refractivity contribution is -0.120. The number of nitrogens with two attached hydrogens (primary N) is 1. The first-order chi connectivity index (χ1) is 9.15. The third kappa shape index (κ3) is 3.12. The van der Waals surface area contributed by atoms with Crippen LogP contribution in [0.15, 0.2) is 24.3 Å². The van der Waals surface area contributed by atoms with Gasteiger partial charge in [-0.25, -0.2) is 0 Å². The molecular formula is C15H22N2OS. The maximum absolute atomic E-state index is 12.6. The molecule has 1 aliphatic rings. The van der Waals surface area contributed by atoms with Gasteiger partial charge >= 0.3 is 0 Å². The smallest absolute Gasteiger partial charge is 0.244 e. The Morgan fingerprint density at radius 3 is 3.00 bits per heavy atom. The molecular weight excluding hydrogens is 256 g/mol. The van der Waals surface area contributed by atoms with E-state index in [9.17, 15) is 4.79 Å². The SMILES string of the molecule is CSCC[C@H](N)C(=O)N1c2ccccc2CCC1C. The van der Waals surface area contributed by atoms with E-state index in [1.165, 1.54) is 5.56 Å². The van der Waals surface area contributed by atoms with Gasteiger partial charge in [0.15, 0.2) is 0 Å². The number of benzene rings is 1. The lowest BCUT2D eigenvalue weighted by Gasteiger charge is -2.36. The summed E-state index contributed by atoms with van der Waals surface area (Å²) in [4.78, 5) is 14.5. The normalized spacial score (nSPS) is 19.9. The highest BCUT2D eigenvalue weighted by atomic mass is 32.2. The molecule has 2 atom stereocenters. The maximum atomic E-state index is 12.6. The Labute approximate surface area is 119 Å². The minimum atomic E-state index is -0.388. The van der Waals surface area contributed by atoms with Crippen LogP contribution in [0.2, 0.25) is 0 Å². The Bertz CT molecular complexity index is 450. The Morgan fingerprint density at radius 1 is 1.53 bits per heavy atom. The lowest BCUT2D eigenvalue weighted by atomic mass is 9.95. The van der Waals surface area contributed by atoms with E-state index in [0.717, 1.165) is 30.7 Å². The molecule has 0 fully saturated rings. The first kappa shape index (κ1) is 14.4. The largest absolute Gasteiger partial charge is 0.320 e. The Balaban J connectivity index is 2.20. The zero-order valence-electron chi connectivity index (χ0n) is 11.6. The van der Waals surface area contributed by atoms with Crippen LogP contribution in [0.4, 0.5) is 5.69 Å². The van der Waals surface area contributed by atoms with Crippen LogP contribution in [0, 0.1) is 0 Å². The van der Waals surface area contributed by atoms with Gasteiger partial charge in [-0.05, 0) is 49.8 Å². The third-order valence-electron chi connectivity index (χ3n) is 3.71. The van der Waals surface area contributed by atoms with E-state index in [0.29, 0.717) is 0 Å². The van der Waals surface area contributed by atoms with Crippen molar-refractivity contribution in [3.8, 4) is 0 Å². The molecule has 2 N–H and O–H groups in total. The average molecular weight is 278 g/mol. The van der Waals surface area contributed by atoms with Gasteiger partial charge in [0.05, 0.1) is 6.04 Å². The van der Waals surface area contributed by atoms with Crippen molar-refractivity contribution in [2.75, 3.05) is 16.9 Å². The van der Waals surface area contributed by atoms with E-state index in [1.54, 1.807) is 11.8 Å². The van der Waals surface area contributed by atoms with Gasteiger partial charge in [-0.1, -0.05) is 18.2 Å². The van der Waals surface area contributed by atoms with Crippen LogP contribution >= 0.6 is 11.8 Å². The van der Waals surface area contributed by atoms with Gasteiger partial charge in [-0.3, -0.25) is 4.79 Å². The van der Waals surface area contributed by atoms with Crippen LogP contribution in [-0.4, -0.2) is 30.0 Å². The fourth-order valence-electron chi connectivity index (χ4n) is 2.57. The highest BCUT2D eigenvalue weighted by Gasteiger charge is 2.30. The van der Waals surface area contributed by atoms with Gasteiger partial charge in [-0.15, -0.1) is 0 Å². The molecule has 1 aromatic rings. The molecule has 1 amide bonds. The molecule has 0 bridgehead atoms. The number of hydrogen-bond acceptors (Lipinski definition) is 3. The molecule has 19 heavy (non-hydrogen) atoms. The fraction of sp³-hybridized carbons (Fsp3) is 0.533. The molecule has 1 heterocycles. The summed E-state index contributed by atoms with van der Waals surface area (Å²) in [6, 6.07) is 8.01. The number of carbonyl (C=O) groups is 1. The Morgan fingerprint density at radius 2 is 2.26 bits per heavy atom. The third-order valence-corrected chi connectivity index (χ3v) is 4.35. The number of fused-ring (bicyclic) bond motifs is 1. The summed E-state index contributed by atoms with van der Waals surface area (Å²) in [5.74, 6) is 0.991. The van der Waals surface area contributed by atoms with E-state index in [-0.39, 0.29) is 18.0 Å². The van der Waals surface area contributed by atoms with Crippen molar-refractivity contribution < 1.29 is 4.79 Å². The molecule has 0 saturated carbocycles. The number of carbonyl (C=O) groups excluding carboxylic acids is 1. The van der Waals surface area contributed by atoms with Crippen LogP contribution in [0.5, 0.6) is 0 Å². The molecule has 2 rings (SSSR count). The van der Waals surface area contributed by atoms with Crippen molar-refractivity contribution in [1.29, 1.82) is 0 Å². The first-order valence-electron chi connectivity index (χ1n) is 6.80. The number of hydrogen-bond donors (Lipinski definition) is 1. The number of anilines is 1. The molecule has 1 unspecified atom stereocenters. The van der Waals surface area contributed by atoms with Crippen LogP contribution in [0.3, 0.4) is 0 Å². The molecule has 3 nitrogen and oxygen atoms in total. The number of aryl methyl sites for hydroxylation is 1. The molecule has 0 aromatic heterocycles. The van der Waals surface area contributed by atoms with Crippen molar-refractivity contribution in [3.63, 3.8) is 0 Å². The van der Waals surface area contributed by atoms with Gasteiger partial charge in [0.2, 0.25) is 5.91 Å². The molecule has 104 valence electrons.